The Kier molecular flexibility index (Phi) is 7.88. The quantitative estimate of drug-likeness (QED) is 0.100. The van der Waals surface area contributed by atoms with Crippen LogP contribution in [0.2, 0.25) is 0 Å². The second-order valence-corrected chi connectivity index (χ2v) is 9.32. The maximum absolute atomic E-state index is 12.5. The first-order valence-electron chi connectivity index (χ1n) is 10.5. The van der Waals surface area contributed by atoms with E-state index in [0.717, 1.165) is 6.08 Å². The van der Waals surface area contributed by atoms with E-state index in [4.69, 9.17) is 9.47 Å². The average molecular weight is 643 g/mol. The van der Waals surface area contributed by atoms with E-state index in [1.54, 1.807) is 18.2 Å². The number of aliphatic imine (C=N–C) groups is 1. The highest BCUT2D eigenvalue weighted by molar-refractivity contribution is 9.11. The minimum atomic E-state index is -0.775. The Labute approximate surface area is 230 Å². The van der Waals surface area contributed by atoms with Gasteiger partial charge in [-0.05, 0) is 57.9 Å². The van der Waals surface area contributed by atoms with Crippen molar-refractivity contribution in [1.82, 2.24) is 0 Å². The molecule has 0 saturated carbocycles. The summed E-state index contributed by atoms with van der Waals surface area (Å²) in [6.07, 6.45) is 3.84. The molecule has 11 nitrogen and oxygen atoms in total. The molecule has 0 unspecified atom stereocenters. The van der Waals surface area contributed by atoms with E-state index in [-0.39, 0.29) is 28.7 Å². The second-order valence-electron chi connectivity index (χ2n) is 7.55. The minimum Gasteiger partial charge on any atom is -0.422 e. The molecule has 3 aromatic carbocycles. The van der Waals surface area contributed by atoms with Crippen molar-refractivity contribution in [2.24, 2.45) is 4.99 Å². The molecule has 0 N–H and O–H groups in total. The van der Waals surface area contributed by atoms with Crippen molar-refractivity contribution in [2.75, 3.05) is 0 Å². The van der Waals surface area contributed by atoms with Crippen molar-refractivity contribution < 1.29 is 28.9 Å². The number of ether oxygens (including phenoxy) is 2. The van der Waals surface area contributed by atoms with Gasteiger partial charge in [0, 0.05) is 45.9 Å². The molecular weight excluding hydrogens is 630 g/mol. The molecule has 0 spiro atoms. The predicted octanol–water partition coefficient (Wildman–Crippen LogP) is 5.99. The molecule has 0 saturated heterocycles. The van der Waals surface area contributed by atoms with Gasteiger partial charge in [0.15, 0.2) is 11.4 Å². The van der Waals surface area contributed by atoms with E-state index in [1.807, 2.05) is 0 Å². The van der Waals surface area contributed by atoms with Crippen LogP contribution >= 0.6 is 31.9 Å². The van der Waals surface area contributed by atoms with Crippen LogP contribution in [0.15, 0.2) is 86.4 Å². The zero-order valence-corrected chi connectivity index (χ0v) is 22.0. The third-order valence-electron chi connectivity index (χ3n) is 4.97. The summed E-state index contributed by atoms with van der Waals surface area (Å²) in [4.78, 5) is 49.9. The van der Waals surface area contributed by atoms with Crippen molar-refractivity contribution in [3.8, 4) is 5.75 Å². The third-order valence-corrected chi connectivity index (χ3v) is 6.02. The number of esters is 2. The summed E-state index contributed by atoms with van der Waals surface area (Å²) in [6, 6.07) is 14.3. The average Bonchev–Trinajstić information content (AvgIpc) is 3.25. The molecule has 0 bridgehead atoms. The Morgan fingerprint density at radius 3 is 2.37 bits per heavy atom. The highest BCUT2D eigenvalue weighted by atomic mass is 79.9. The monoisotopic (exact) mass is 641 g/mol. The number of nitrogens with zero attached hydrogens (tertiary/aromatic N) is 3. The van der Waals surface area contributed by atoms with Crippen LogP contribution in [0.5, 0.6) is 5.75 Å². The van der Waals surface area contributed by atoms with Crippen molar-refractivity contribution in [3.05, 3.63) is 118 Å². The van der Waals surface area contributed by atoms with Crippen molar-refractivity contribution in [3.63, 3.8) is 0 Å². The van der Waals surface area contributed by atoms with Gasteiger partial charge in [-0.15, -0.1) is 0 Å². The topological polar surface area (TPSA) is 151 Å². The fourth-order valence-electron chi connectivity index (χ4n) is 3.24. The molecule has 1 aliphatic rings. The Morgan fingerprint density at radius 1 is 0.974 bits per heavy atom. The van der Waals surface area contributed by atoms with Crippen LogP contribution in [0, 0.1) is 20.2 Å². The highest BCUT2D eigenvalue weighted by Crippen LogP contribution is 2.35. The van der Waals surface area contributed by atoms with Crippen LogP contribution in [-0.2, 0) is 14.3 Å². The van der Waals surface area contributed by atoms with E-state index in [1.165, 1.54) is 54.6 Å². The molecule has 4 rings (SSSR count). The van der Waals surface area contributed by atoms with Gasteiger partial charge in [0.05, 0.1) is 14.3 Å². The number of nitro groups is 2. The van der Waals surface area contributed by atoms with Crippen molar-refractivity contribution in [2.45, 2.75) is 0 Å². The normalized spacial score (nSPS) is 13.9. The van der Waals surface area contributed by atoms with E-state index >= 15 is 0 Å². The summed E-state index contributed by atoms with van der Waals surface area (Å²) in [5.74, 6) is -1.50. The molecule has 1 aliphatic heterocycles. The minimum absolute atomic E-state index is 0.0383. The number of hydrogen-bond donors (Lipinski definition) is 0. The van der Waals surface area contributed by atoms with Gasteiger partial charge in [-0.1, -0.05) is 28.1 Å². The lowest BCUT2D eigenvalue weighted by atomic mass is 10.1. The zero-order chi connectivity index (χ0) is 27.4. The van der Waals surface area contributed by atoms with Crippen LogP contribution < -0.4 is 4.74 Å². The first-order valence-corrected chi connectivity index (χ1v) is 12.1. The molecular formula is C25H13Br2N3O8. The summed E-state index contributed by atoms with van der Waals surface area (Å²) in [5, 5.41) is 21.8. The summed E-state index contributed by atoms with van der Waals surface area (Å²) in [5.41, 5.74) is 0.759. The first-order chi connectivity index (χ1) is 18.1. The van der Waals surface area contributed by atoms with Crippen LogP contribution in [0.25, 0.3) is 12.2 Å². The molecule has 0 aromatic heterocycles. The SMILES string of the molecule is O=C(/C=C/c1cccc([N+](=O)[O-])c1)Oc1c(Br)cc(Br)cc1/C=C1\N=C(c2ccc([N+](=O)[O-])cc2)OC1=O. The van der Waals surface area contributed by atoms with Gasteiger partial charge < -0.3 is 9.47 Å². The van der Waals surface area contributed by atoms with Gasteiger partial charge in [0.25, 0.3) is 11.4 Å². The number of carbonyl (C=O) groups excluding carboxylic acids is 2. The highest BCUT2D eigenvalue weighted by Gasteiger charge is 2.25. The van der Waals surface area contributed by atoms with E-state index < -0.39 is 21.8 Å². The van der Waals surface area contributed by atoms with Crippen LogP contribution in [0.3, 0.4) is 0 Å². The molecule has 38 heavy (non-hydrogen) atoms. The van der Waals surface area contributed by atoms with Crippen molar-refractivity contribution >= 4 is 73.2 Å². The Balaban J connectivity index is 1.60. The molecule has 13 heteroatoms. The number of non-ortho nitro benzene ring substituents is 2. The maximum atomic E-state index is 12.5. The second kappa shape index (κ2) is 11.3. The largest absolute Gasteiger partial charge is 0.422 e. The number of rotatable bonds is 7. The molecule has 0 atom stereocenters. The summed E-state index contributed by atoms with van der Waals surface area (Å²) in [6.45, 7) is 0. The third kappa shape index (κ3) is 6.25. The van der Waals surface area contributed by atoms with Gasteiger partial charge >= 0.3 is 11.9 Å². The number of cyclic esters (lactones) is 1. The Morgan fingerprint density at radius 2 is 1.68 bits per heavy atom. The van der Waals surface area contributed by atoms with Gasteiger partial charge in [0.2, 0.25) is 5.90 Å². The zero-order valence-electron chi connectivity index (χ0n) is 18.9. The molecule has 0 aliphatic carbocycles. The number of nitro benzene ring substituents is 2. The Hall–Kier alpha value is -4.49. The van der Waals surface area contributed by atoms with Crippen molar-refractivity contribution in [1.29, 1.82) is 0 Å². The van der Waals surface area contributed by atoms with Crippen LogP contribution in [-0.4, -0.2) is 27.7 Å². The molecule has 0 fully saturated rings. The predicted molar refractivity (Wildman–Crippen MR) is 143 cm³/mol. The molecule has 0 amide bonds. The maximum Gasteiger partial charge on any atom is 0.363 e. The Bertz CT molecular complexity index is 1580. The summed E-state index contributed by atoms with van der Waals surface area (Å²) < 4.78 is 11.7. The van der Waals surface area contributed by atoms with Gasteiger partial charge in [-0.25, -0.2) is 14.6 Å². The summed E-state index contributed by atoms with van der Waals surface area (Å²) in [7, 11) is 0. The van der Waals surface area contributed by atoms with E-state index in [9.17, 15) is 29.8 Å². The number of halogens is 2. The molecule has 1 heterocycles. The van der Waals surface area contributed by atoms with Gasteiger partial charge in [0.1, 0.15) is 0 Å². The van der Waals surface area contributed by atoms with Crippen LogP contribution in [0.1, 0.15) is 16.7 Å². The van der Waals surface area contributed by atoms with E-state index in [0.29, 0.717) is 25.6 Å². The smallest absolute Gasteiger partial charge is 0.363 e. The lowest BCUT2D eigenvalue weighted by Gasteiger charge is -2.09. The number of hydrogen-bond acceptors (Lipinski definition) is 9. The molecule has 3 aromatic rings. The molecule has 190 valence electrons. The lowest BCUT2D eigenvalue weighted by Crippen LogP contribution is -2.06. The van der Waals surface area contributed by atoms with E-state index in [2.05, 4.69) is 36.9 Å². The fraction of sp³-hybridized carbons (Fsp3) is 0. The van der Waals surface area contributed by atoms with Gasteiger partial charge in [-0.3, -0.25) is 20.2 Å². The standard InChI is InChI=1S/C25H13Br2N3O8/c26-17-11-16(12-21-25(32)38-24(28-21)15-5-7-18(8-6-15)29(33)34)23(20(27)13-17)37-22(31)9-4-14-2-1-3-19(10-14)30(35)36/h1-13H/b9-4+,21-12-. The van der Waals surface area contributed by atoms with Crippen LogP contribution in [0.4, 0.5) is 11.4 Å². The van der Waals surface area contributed by atoms with Gasteiger partial charge in [-0.2, -0.15) is 0 Å². The fourth-order valence-corrected chi connectivity index (χ4v) is 4.58. The first kappa shape index (κ1) is 26.6. The number of carbonyl (C=O) groups is 2. The lowest BCUT2D eigenvalue weighted by molar-refractivity contribution is -0.385. The molecule has 0 radical (unpaired) electrons. The summed E-state index contributed by atoms with van der Waals surface area (Å²) >= 11 is 6.69. The number of benzene rings is 3.